The lowest BCUT2D eigenvalue weighted by Crippen LogP contribution is -2.39. The van der Waals surface area contributed by atoms with Gasteiger partial charge in [-0.05, 0) is 37.5 Å². The van der Waals surface area contributed by atoms with Crippen molar-refractivity contribution in [3.8, 4) is 0 Å². The van der Waals surface area contributed by atoms with E-state index in [4.69, 9.17) is 4.42 Å². The van der Waals surface area contributed by atoms with Gasteiger partial charge in [0.1, 0.15) is 5.52 Å². The van der Waals surface area contributed by atoms with Gasteiger partial charge < -0.3 is 14.2 Å². The van der Waals surface area contributed by atoms with Crippen LogP contribution < -0.4 is 0 Å². The number of amides is 2. The second-order valence-corrected chi connectivity index (χ2v) is 6.90. The topological polar surface area (TPSA) is 66.7 Å². The highest BCUT2D eigenvalue weighted by Crippen LogP contribution is 2.19. The van der Waals surface area contributed by atoms with E-state index in [1.807, 2.05) is 9.80 Å². The van der Waals surface area contributed by atoms with Gasteiger partial charge in [-0.25, -0.2) is 4.98 Å². The summed E-state index contributed by atoms with van der Waals surface area (Å²) in [6.07, 6.45) is 2.54. The molecule has 0 atom stereocenters. The molecule has 1 saturated heterocycles. The molecule has 0 spiro atoms. The minimum atomic E-state index is -0.00983. The monoisotopic (exact) mass is 357 g/mol. The molecule has 1 aliphatic heterocycles. The first-order valence-electron chi connectivity index (χ1n) is 9.48. The van der Waals surface area contributed by atoms with Crippen molar-refractivity contribution in [3.63, 3.8) is 0 Å². The van der Waals surface area contributed by atoms with E-state index in [1.165, 1.54) is 0 Å². The standard InChI is InChI=1S/C20H27N3O3/c1-4-15(5-2)19(24)22-9-6-10-23(12-11-22)20(25)16-7-8-18-17(13-16)21-14(3)26-18/h7-8,13,15H,4-6,9-12H2,1-3H3. The third-order valence-electron chi connectivity index (χ3n) is 5.17. The number of carbonyl (C=O) groups is 2. The fourth-order valence-corrected chi connectivity index (χ4v) is 3.60. The van der Waals surface area contributed by atoms with Crippen LogP contribution in [0.15, 0.2) is 22.6 Å². The molecule has 2 heterocycles. The van der Waals surface area contributed by atoms with Gasteiger partial charge >= 0.3 is 0 Å². The van der Waals surface area contributed by atoms with Crippen molar-refractivity contribution in [2.45, 2.75) is 40.0 Å². The fourth-order valence-electron chi connectivity index (χ4n) is 3.60. The Bertz CT molecular complexity index is 795. The van der Waals surface area contributed by atoms with E-state index in [2.05, 4.69) is 18.8 Å². The number of aryl methyl sites for hydroxylation is 1. The molecule has 0 saturated carbocycles. The van der Waals surface area contributed by atoms with E-state index in [-0.39, 0.29) is 17.7 Å². The van der Waals surface area contributed by atoms with Crippen LogP contribution in [0.25, 0.3) is 11.1 Å². The number of hydrogen-bond acceptors (Lipinski definition) is 4. The number of fused-ring (bicyclic) bond motifs is 1. The molecule has 0 bridgehead atoms. The second-order valence-electron chi connectivity index (χ2n) is 6.90. The van der Waals surface area contributed by atoms with Crippen LogP contribution in [-0.2, 0) is 4.79 Å². The summed E-state index contributed by atoms with van der Waals surface area (Å²) in [6, 6.07) is 5.36. The van der Waals surface area contributed by atoms with Gasteiger partial charge in [0, 0.05) is 44.6 Å². The highest BCUT2D eigenvalue weighted by molar-refractivity contribution is 5.97. The highest BCUT2D eigenvalue weighted by Gasteiger charge is 2.26. The molecule has 26 heavy (non-hydrogen) atoms. The predicted octanol–water partition coefficient (Wildman–Crippen LogP) is 3.25. The Balaban J connectivity index is 1.69. The minimum Gasteiger partial charge on any atom is -0.441 e. The number of hydrogen-bond donors (Lipinski definition) is 0. The summed E-state index contributed by atoms with van der Waals surface area (Å²) in [5, 5.41) is 0. The van der Waals surface area contributed by atoms with Crippen molar-refractivity contribution in [1.29, 1.82) is 0 Å². The van der Waals surface area contributed by atoms with Crippen LogP contribution >= 0.6 is 0 Å². The fraction of sp³-hybridized carbons (Fsp3) is 0.550. The molecule has 2 aromatic rings. The molecule has 0 unspecified atom stereocenters. The highest BCUT2D eigenvalue weighted by atomic mass is 16.3. The molecular formula is C20H27N3O3. The Morgan fingerprint density at radius 2 is 1.81 bits per heavy atom. The predicted molar refractivity (Wildman–Crippen MR) is 99.9 cm³/mol. The lowest BCUT2D eigenvalue weighted by atomic mass is 10.0. The first-order chi connectivity index (χ1) is 12.5. The maximum Gasteiger partial charge on any atom is 0.253 e. The van der Waals surface area contributed by atoms with Crippen LogP contribution in [-0.4, -0.2) is 52.8 Å². The van der Waals surface area contributed by atoms with Crippen LogP contribution in [0.3, 0.4) is 0 Å². The van der Waals surface area contributed by atoms with E-state index in [1.54, 1.807) is 25.1 Å². The Kier molecular flexibility index (Phi) is 5.59. The van der Waals surface area contributed by atoms with Crippen molar-refractivity contribution in [2.24, 2.45) is 5.92 Å². The molecule has 6 heteroatoms. The van der Waals surface area contributed by atoms with Crippen molar-refractivity contribution in [1.82, 2.24) is 14.8 Å². The Morgan fingerprint density at radius 3 is 2.54 bits per heavy atom. The molecule has 0 radical (unpaired) electrons. The molecule has 0 N–H and O–H groups in total. The number of nitrogens with zero attached hydrogens (tertiary/aromatic N) is 3. The zero-order valence-electron chi connectivity index (χ0n) is 15.8. The number of carbonyl (C=O) groups excluding carboxylic acids is 2. The third kappa shape index (κ3) is 3.74. The van der Waals surface area contributed by atoms with Crippen molar-refractivity contribution in [3.05, 3.63) is 29.7 Å². The van der Waals surface area contributed by atoms with Gasteiger partial charge in [0.05, 0.1) is 0 Å². The van der Waals surface area contributed by atoms with Gasteiger partial charge in [-0.15, -0.1) is 0 Å². The number of aromatic nitrogens is 1. The summed E-state index contributed by atoms with van der Waals surface area (Å²) in [5.41, 5.74) is 2.01. The Hall–Kier alpha value is -2.37. The number of benzene rings is 1. The summed E-state index contributed by atoms with van der Waals surface area (Å²) in [5.74, 6) is 0.901. The van der Waals surface area contributed by atoms with Crippen LogP contribution in [0.2, 0.25) is 0 Å². The van der Waals surface area contributed by atoms with Crippen LogP contribution in [0.4, 0.5) is 0 Å². The van der Waals surface area contributed by atoms with Gasteiger partial charge in [0.25, 0.3) is 5.91 Å². The molecule has 140 valence electrons. The summed E-state index contributed by atoms with van der Waals surface area (Å²) in [7, 11) is 0. The van der Waals surface area contributed by atoms with Crippen molar-refractivity contribution >= 4 is 22.9 Å². The van der Waals surface area contributed by atoms with Gasteiger partial charge in [0.2, 0.25) is 5.91 Å². The second kappa shape index (κ2) is 7.89. The molecular weight excluding hydrogens is 330 g/mol. The van der Waals surface area contributed by atoms with E-state index < -0.39 is 0 Å². The summed E-state index contributed by atoms with van der Waals surface area (Å²) >= 11 is 0. The zero-order valence-corrected chi connectivity index (χ0v) is 15.8. The number of rotatable bonds is 4. The lowest BCUT2D eigenvalue weighted by molar-refractivity contribution is -0.135. The minimum absolute atomic E-state index is 0.00983. The maximum atomic E-state index is 12.9. The van der Waals surface area contributed by atoms with Crippen LogP contribution in [0, 0.1) is 12.8 Å². The van der Waals surface area contributed by atoms with Crippen molar-refractivity contribution in [2.75, 3.05) is 26.2 Å². The Morgan fingerprint density at radius 1 is 1.12 bits per heavy atom. The molecule has 1 aliphatic rings. The zero-order chi connectivity index (χ0) is 18.7. The van der Waals surface area contributed by atoms with E-state index >= 15 is 0 Å². The summed E-state index contributed by atoms with van der Waals surface area (Å²) in [4.78, 5) is 33.6. The first-order valence-corrected chi connectivity index (χ1v) is 9.48. The maximum absolute atomic E-state index is 12.9. The number of oxazole rings is 1. The average molecular weight is 357 g/mol. The van der Waals surface area contributed by atoms with Gasteiger partial charge in [-0.2, -0.15) is 0 Å². The Labute approximate surface area is 154 Å². The van der Waals surface area contributed by atoms with E-state index in [0.29, 0.717) is 42.2 Å². The molecule has 0 aliphatic carbocycles. The van der Waals surface area contributed by atoms with E-state index in [0.717, 1.165) is 25.8 Å². The quantitative estimate of drug-likeness (QED) is 0.842. The third-order valence-corrected chi connectivity index (χ3v) is 5.17. The first kappa shape index (κ1) is 18.4. The van der Waals surface area contributed by atoms with Crippen LogP contribution in [0.5, 0.6) is 0 Å². The van der Waals surface area contributed by atoms with Crippen LogP contribution in [0.1, 0.15) is 49.4 Å². The normalized spacial score (nSPS) is 15.5. The molecule has 1 aromatic carbocycles. The molecule has 1 aromatic heterocycles. The van der Waals surface area contributed by atoms with Crippen molar-refractivity contribution < 1.29 is 14.0 Å². The smallest absolute Gasteiger partial charge is 0.253 e. The summed E-state index contributed by atoms with van der Waals surface area (Å²) in [6.45, 7) is 8.47. The summed E-state index contributed by atoms with van der Waals surface area (Å²) < 4.78 is 5.47. The van der Waals surface area contributed by atoms with Gasteiger partial charge in [-0.3, -0.25) is 9.59 Å². The molecule has 3 rings (SSSR count). The molecule has 2 amide bonds. The molecule has 1 fully saturated rings. The van der Waals surface area contributed by atoms with Gasteiger partial charge in [-0.1, -0.05) is 13.8 Å². The molecule has 6 nitrogen and oxygen atoms in total. The largest absolute Gasteiger partial charge is 0.441 e. The average Bonchev–Trinajstić information content (AvgIpc) is 2.85. The van der Waals surface area contributed by atoms with Gasteiger partial charge in [0.15, 0.2) is 11.5 Å². The SMILES string of the molecule is CCC(CC)C(=O)N1CCCN(C(=O)c2ccc3oc(C)nc3c2)CC1. The van der Waals surface area contributed by atoms with E-state index in [9.17, 15) is 9.59 Å². The lowest BCUT2D eigenvalue weighted by Gasteiger charge is -2.25.